The molecule has 13 heteroatoms. The van der Waals surface area contributed by atoms with Gasteiger partial charge in [0.1, 0.15) is 5.69 Å². The number of ketones is 1. The van der Waals surface area contributed by atoms with Gasteiger partial charge in [-0.2, -0.15) is 0 Å². The van der Waals surface area contributed by atoms with E-state index in [1.807, 2.05) is 44.2 Å². The molecule has 1 saturated heterocycles. The second-order valence-corrected chi connectivity index (χ2v) is 10.2. The van der Waals surface area contributed by atoms with Crippen molar-refractivity contribution < 1.29 is 38.4 Å². The Bertz CT molecular complexity index is 1210. The summed E-state index contributed by atoms with van der Waals surface area (Å²) in [5.41, 5.74) is -1.30. The molecule has 0 bridgehead atoms. The van der Waals surface area contributed by atoms with Crippen LogP contribution in [0.15, 0.2) is 48.9 Å². The molecule has 2 amide bonds. The van der Waals surface area contributed by atoms with Crippen LogP contribution in [0.1, 0.15) is 55.6 Å². The van der Waals surface area contributed by atoms with E-state index < -0.39 is 61.2 Å². The van der Waals surface area contributed by atoms with E-state index in [0.717, 1.165) is 5.56 Å². The third kappa shape index (κ3) is 8.19. The molecule has 12 nitrogen and oxygen atoms in total. The Morgan fingerprint density at radius 2 is 1.88 bits per heavy atom. The zero-order valence-corrected chi connectivity index (χ0v) is 22.7. The van der Waals surface area contributed by atoms with E-state index in [1.165, 1.54) is 25.6 Å². The molecule has 1 aromatic heterocycles. The van der Waals surface area contributed by atoms with Crippen molar-refractivity contribution in [2.24, 2.45) is 5.92 Å². The second kappa shape index (κ2) is 13.8. The van der Waals surface area contributed by atoms with Gasteiger partial charge in [0.25, 0.3) is 11.9 Å². The predicted molar refractivity (Wildman–Crippen MR) is 143 cm³/mol. The van der Waals surface area contributed by atoms with E-state index in [9.17, 15) is 29.1 Å². The second-order valence-electron chi connectivity index (χ2n) is 10.2. The van der Waals surface area contributed by atoms with Gasteiger partial charge >= 0.3 is 13.1 Å². The molecule has 1 aliphatic heterocycles. The van der Waals surface area contributed by atoms with Crippen LogP contribution in [0.3, 0.4) is 0 Å². The molecule has 0 radical (unpaired) electrons. The molecule has 40 heavy (non-hydrogen) atoms. The third-order valence-corrected chi connectivity index (χ3v) is 6.53. The summed E-state index contributed by atoms with van der Waals surface area (Å²) in [5.74, 6) is -4.63. The summed E-state index contributed by atoms with van der Waals surface area (Å²) in [4.78, 5) is 71.4. The molecule has 0 unspecified atom stereocenters. The number of aliphatic carboxylic acids is 1. The number of aromatic nitrogens is 2. The molecule has 0 aliphatic carbocycles. The van der Waals surface area contributed by atoms with Gasteiger partial charge in [0, 0.05) is 31.7 Å². The number of carboxylic acids is 1. The van der Waals surface area contributed by atoms with Crippen LogP contribution in [0.4, 0.5) is 0 Å². The summed E-state index contributed by atoms with van der Waals surface area (Å²) < 4.78 is 11.2. The Kier molecular flexibility index (Phi) is 10.5. The molecule has 1 aliphatic rings. The number of nitrogens with one attached hydrogen (secondary N) is 2. The largest absolute Gasteiger partial charge is 0.531 e. The van der Waals surface area contributed by atoms with Crippen molar-refractivity contribution in [2.75, 3.05) is 7.05 Å². The number of carbonyl (C=O) groups excluding carboxylic acids is 4. The number of carboxylic acid groups (broad SMARTS) is 1. The van der Waals surface area contributed by atoms with Gasteiger partial charge in [-0.1, -0.05) is 44.2 Å². The highest BCUT2D eigenvalue weighted by Gasteiger charge is 2.54. The summed E-state index contributed by atoms with van der Waals surface area (Å²) in [6.45, 7) is 3.79. The topological polar surface area (TPSA) is 174 Å². The minimum absolute atomic E-state index is 0.0157. The van der Waals surface area contributed by atoms with Gasteiger partial charge in [-0.15, -0.1) is 0 Å². The molecule has 2 aromatic rings. The molecule has 0 spiro atoms. The van der Waals surface area contributed by atoms with Crippen LogP contribution in [-0.4, -0.2) is 70.4 Å². The summed E-state index contributed by atoms with van der Waals surface area (Å²) >= 11 is 0. The maximum Gasteiger partial charge on any atom is 0.531 e. The van der Waals surface area contributed by atoms with E-state index in [-0.39, 0.29) is 30.2 Å². The van der Waals surface area contributed by atoms with Crippen molar-refractivity contribution in [3.8, 4) is 0 Å². The van der Waals surface area contributed by atoms with Crippen LogP contribution in [0.2, 0.25) is 5.82 Å². The van der Waals surface area contributed by atoms with E-state index in [2.05, 4.69) is 20.6 Å². The first kappa shape index (κ1) is 30.4. The minimum atomic E-state index is -2.14. The summed E-state index contributed by atoms with van der Waals surface area (Å²) in [6.07, 6.45) is 3.16. The minimum Gasteiger partial charge on any atom is -0.509 e. The smallest absolute Gasteiger partial charge is 0.509 e. The van der Waals surface area contributed by atoms with Gasteiger partial charge in [0.2, 0.25) is 5.91 Å². The molecule has 1 fully saturated rings. The first-order valence-corrected chi connectivity index (χ1v) is 13.0. The van der Waals surface area contributed by atoms with Crippen LogP contribution >= 0.6 is 0 Å². The van der Waals surface area contributed by atoms with Gasteiger partial charge in [-0.3, -0.25) is 24.2 Å². The summed E-state index contributed by atoms with van der Waals surface area (Å²) in [6, 6.07) is 8.14. The van der Waals surface area contributed by atoms with Crippen LogP contribution < -0.4 is 10.6 Å². The number of hydrogen-bond donors (Lipinski definition) is 3. The standard InChI is InChI=1S/C27H33BN4O8/c1-17(2)11-19(28-39-24(35)15-27(40-28,26(37)38)14-23(34)29-3)13-22(33)20(12-18-7-5-4-6-8-18)32-25(36)21-16-30-9-10-31-21/h4-10,16-17,19-20H,11-15H2,1-3H3,(H,29,34)(H,32,36)(H,37,38)/t19-,20+,27-/m1/s1. The maximum atomic E-state index is 13.7. The van der Waals surface area contributed by atoms with Crippen LogP contribution in [0, 0.1) is 5.92 Å². The fraction of sp³-hybridized carbons (Fsp3) is 0.444. The molecule has 1 aromatic carbocycles. The highest BCUT2D eigenvalue weighted by molar-refractivity contribution is 6.50. The summed E-state index contributed by atoms with van der Waals surface area (Å²) in [7, 11) is -0.0414. The average molecular weight is 552 g/mol. The molecular weight excluding hydrogens is 519 g/mol. The van der Waals surface area contributed by atoms with Crippen molar-refractivity contribution in [3.63, 3.8) is 0 Å². The Morgan fingerprint density at radius 1 is 1.15 bits per heavy atom. The Hall–Kier alpha value is -4.13. The molecule has 212 valence electrons. The van der Waals surface area contributed by atoms with E-state index >= 15 is 0 Å². The molecule has 3 N–H and O–H groups in total. The fourth-order valence-corrected chi connectivity index (χ4v) is 4.58. The van der Waals surface area contributed by atoms with Crippen LogP contribution in [0.25, 0.3) is 0 Å². The van der Waals surface area contributed by atoms with Crippen molar-refractivity contribution in [1.29, 1.82) is 0 Å². The van der Waals surface area contributed by atoms with Gasteiger partial charge in [-0.25, -0.2) is 9.78 Å². The average Bonchev–Trinajstić information content (AvgIpc) is 2.92. The lowest BCUT2D eigenvalue weighted by molar-refractivity contribution is -0.172. The summed E-state index contributed by atoms with van der Waals surface area (Å²) in [5, 5.41) is 15.0. The van der Waals surface area contributed by atoms with Gasteiger partial charge in [0.05, 0.1) is 25.1 Å². The number of rotatable bonds is 13. The number of benzene rings is 1. The molecule has 3 rings (SSSR count). The van der Waals surface area contributed by atoms with Crippen molar-refractivity contribution in [1.82, 2.24) is 20.6 Å². The number of carbonyl (C=O) groups is 5. The van der Waals surface area contributed by atoms with Crippen LogP contribution in [0.5, 0.6) is 0 Å². The number of Topliss-reactive ketones (excluding diaryl/α,β-unsaturated/α-hetero) is 1. The van der Waals surface area contributed by atoms with Crippen LogP contribution in [-0.2, 0) is 34.9 Å². The Labute approximate surface area is 232 Å². The van der Waals surface area contributed by atoms with Crippen molar-refractivity contribution >= 4 is 36.7 Å². The zero-order valence-electron chi connectivity index (χ0n) is 22.7. The zero-order chi connectivity index (χ0) is 29.3. The SMILES string of the molecule is CNC(=O)C[C@]1(C(=O)O)CC(=O)OB([C@@H](CC(=O)[C@H](Cc2ccccc2)NC(=O)c2cnccn2)CC(C)C)O1. The number of hydrogen-bond acceptors (Lipinski definition) is 9. The lowest BCUT2D eigenvalue weighted by Gasteiger charge is -2.38. The van der Waals surface area contributed by atoms with Crippen molar-refractivity contribution in [2.45, 2.75) is 63.4 Å². The first-order valence-electron chi connectivity index (χ1n) is 13.0. The molecular formula is C27H33BN4O8. The fourth-order valence-electron chi connectivity index (χ4n) is 4.58. The van der Waals surface area contributed by atoms with E-state index in [4.69, 9.17) is 9.31 Å². The first-order chi connectivity index (χ1) is 19.0. The number of amides is 2. The molecule has 2 heterocycles. The lowest BCUT2D eigenvalue weighted by atomic mass is 9.63. The highest BCUT2D eigenvalue weighted by Crippen LogP contribution is 2.36. The normalized spacial score (nSPS) is 18.4. The quantitative estimate of drug-likeness (QED) is 0.310. The molecule has 3 atom stereocenters. The Morgan fingerprint density at radius 3 is 2.48 bits per heavy atom. The van der Waals surface area contributed by atoms with Gasteiger partial charge in [0.15, 0.2) is 11.4 Å². The highest BCUT2D eigenvalue weighted by atomic mass is 16.6. The maximum absolute atomic E-state index is 13.7. The van der Waals surface area contributed by atoms with Crippen molar-refractivity contribution in [3.05, 3.63) is 60.2 Å². The van der Waals surface area contributed by atoms with Gasteiger partial charge in [-0.05, 0) is 24.3 Å². The Balaban J connectivity index is 1.88. The lowest BCUT2D eigenvalue weighted by Crippen LogP contribution is -2.56. The third-order valence-electron chi connectivity index (χ3n) is 6.53. The van der Waals surface area contributed by atoms with E-state index in [0.29, 0.717) is 6.42 Å². The monoisotopic (exact) mass is 552 g/mol. The number of nitrogens with zero attached hydrogens (tertiary/aromatic N) is 2. The van der Waals surface area contributed by atoms with E-state index in [1.54, 1.807) is 0 Å². The predicted octanol–water partition coefficient (Wildman–Crippen LogP) is 1.60. The molecule has 0 saturated carbocycles. The van der Waals surface area contributed by atoms with Gasteiger partial charge < -0.3 is 25.0 Å².